The lowest BCUT2D eigenvalue weighted by Crippen LogP contribution is -2.18. The molecule has 0 fully saturated rings. The maximum Gasteiger partial charge on any atom is 0.417 e. The average molecular weight is 269 g/mol. The van der Waals surface area contributed by atoms with Crippen LogP contribution in [0, 0.1) is 0 Å². The number of benzene rings is 1. The van der Waals surface area contributed by atoms with Gasteiger partial charge in [-0.25, -0.2) is 4.79 Å². The summed E-state index contributed by atoms with van der Waals surface area (Å²) in [5, 5.41) is 3.19. The Morgan fingerprint density at radius 1 is 1.35 bits per heavy atom. The van der Waals surface area contributed by atoms with E-state index in [0.717, 1.165) is 17.7 Å². The first kappa shape index (κ1) is 12.6. The van der Waals surface area contributed by atoms with E-state index in [2.05, 4.69) is 15.3 Å². The van der Waals surface area contributed by atoms with Crippen LogP contribution in [-0.4, -0.2) is 23.6 Å². The van der Waals surface area contributed by atoms with E-state index in [0.29, 0.717) is 11.1 Å². The Morgan fingerprint density at radius 3 is 3.00 bits per heavy atom. The lowest BCUT2D eigenvalue weighted by molar-refractivity contribution is 0.554. The zero-order valence-electron chi connectivity index (χ0n) is 11.1. The third-order valence-electron chi connectivity index (χ3n) is 3.34. The molecule has 0 spiro atoms. The average Bonchev–Trinajstić information content (AvgIpc) is 2.84. The molecule has 0 aliphatic heterocycles. The summed E-state index contributed by atoms with van der Waals surface area (Å²) in [5.41, 5.74) is 3.51. The second-order valence-corrected chi connectivity index (χ2v) is 4.67. The zero-order valence-corrected chi connectivity index (χ0v) is 11.1. The molecular formula is C15H15N3O2. The molecule has 3 rings (SSSR count). The highest BCUT2D eigenvalue weighted by Gasteiger charge is 2.15. The number of rotatable bonds is 4. The normalized spacial score (nSPS) is 12.7. The molecule has 2 heterocycles. The summed E-state index contributed by atoms with van der Waals surface area (Å²) in [5.74, 6) is -0.262. The van der Waals surface area contributed by atoms with Crippen molar-refractivity contribution in [1.29, 1.82) is 0 Å². The molecule has 0 aliphatic rings. The highest BCUT2D eigenvalue weighted by molar-refractivity contribution is 5.73. The maximum absolute atomic E-state index is 11.2. The number of fused-ring (bicyclic) bond motifs is 1. The fraction of sp³-hybridized carbons (Fsp3) is 0.200. The Balaban J connectivity index is 2.07. The Bertz CT molecular complexity index is 761. The van der Waals surface area contributed by atoms with Gasteiger partial charge in [0.2, 0.25) is 0 Å². The van der Waals surface area contributed by atoms with E-state index in [1.165, 1.54) is 0 Å². The van der Waals surface area contributed by atoms with Crippen LogP contribution in [0.5, 0.6) is 0 Å². The van der Waals surface area contributed by atoms with Crippen LogP contribution < -0.4 is 11.1 Å². The molecule has 2 N–H and O–H groups in total. The van der Waals surface area contributed by atoms with Gasteiger partial charge < -0.3 is 9.73 Å². The number of oxazole rings is 1. The van der Waals surface area contributed by atoms with Crippen molar-refractivity contribution in [2.75, 3.05) is 13.6 Å². The quantitative estimate of drug-likeness (QED) is 0.758. The van der Waals surface area contributed by atoms with Crippen LogP contribution in [-0.2, 0) is 0 Å². The van der Waals surface area contributed by atoms with Crippen LogP contribution in [0.2, 0.25) is 0 Å². The largest absolute Gasteiger partial charge is 0.417 e. The van der Waals surface area contributed by atoms with Gasteiger partial charge in [0.15, 0.2) is 5.58 Å². The molecule has 0 aliphatic carbocycles. The van der Waals surface area contributed by atoms with Crippen molar-refractivity contribution in [2.45, 2.75) is 5.92 Å². The molecule has 1 aromatic carbocycles. The third kappa shape index (κ3) is 2.35. The molecule has 0 bridgehead atoms. The van der Waals surface area contributed by atoms with Gasteiger partial charge in [0, 0.05) is 24.9 Å². The number of aromatic amines is 1. The second-order valence-electron chi connectivity index (χ2n) is 4.67. The summed E-state index contributed by atoms with van der Waals surface area (Å²) < 4.78 is 5.13. The van der Waals surface area contributed by atoms with Gasteiger partial charge >= 0.3 is 5.76 Å². The van der Waals surface area contributed by atoms with Crippen LogP contribution in [0.15, 0.2) is 51.9 Å². The summed E-state index contributed by atoms with van der Waals surface area (Å²) in [6.45, 7) is 0.784. The Kier molecular flexibility index (Phi) is 3.35. The summed E-state index contributed by atoms with van der Waals surface area (Å²) >= 11 is 0. The molecule has 2 aromatic heterocycles. The van der Waals surface area contributed by atoms with Crippen molar-refractivity contribution in [1.82, 2.24) is 15.3 Å². The van der Waals surface area contributed by atoms with Crippen molar-refractivity contribution in [3.05, 3.63) is 64.4 Å². The zero-order chi connectivity index (χ0) is 13.9. The number of aromatic nitrogens is 2. The second kappa shape index (κ2) is 5.30. The molecule has 20 heavy (non-hydrogen) atoms. The van der Waals surface area contributed by atoms with Crippen molar-refractivity contribution in [3.63, 3.8) is 0 Å². The topological polar surface area (TPSA) is 70.9 Å². The minimum absolute atomic E-state index is 0.165. The van der Waals surface area contributed by atoms with Crippen molar-refractivity contribution < 1.29 is 4.42 Å². The highest BCUT2D eigenvalue weighted by atomic mass is 16.4. The first-order valence-corrected chi connectivity index (χ1v) is 6.45. The Morgan fingerprint density at radius 2 is 2.25 bits per heavy atom. The molecule has 5 nitrogen and oxygen atoms in total. The minimum atomic E-state index is -0.427. The number of nitrogens with one attached hydrogen (secondary N) is 2. The summed E-state index contributed by atoms with van der Waals surface area (Å²) in [4.78, 5) is 18.0. The van der Waals surface area contributed by atoms with Crippen molar-refractivity contribution in [3.8, 4) is 0 Å². The number of pyridine rings is 1. The molecule has 5 heteroatoms. The maximum atomic E-state index is 11.2. The summed E-state index contributed by atoms with van der Waals surface area (Å²) in [7, 11) is 1.91. The van der Waals surface area contributed by atoms with E-state index in [-0.39, 0.29) is 5.92 Å². The van der Waals surface area contributed by atoms with Crippen LogP contribution in [0.4, 0.5) is 0 Å². The molecule has 102 valence electrons. The number of hydrogen-bond acceptors (Lipinski definition) is 4. The molecule has 0 saturated carbocycles. The smallest absolute Gasteiger partial charge is 0.408 e. The lowest BCUT2D eigenvalue weighted by Gasteiger charge is -2.17. The van der Waals surface area contributed by atoms with Gasteiger partial charge in [-0.2, -0.15) is 0 Å². The van der Waals surface area contributed by atoms with E-state index >= 15 is 0 Å². The number of H-pyrrole nitrogens is 1. The van der Waals surface area contributed by atoms with Crippen molar-refractivity contribution >= 4 is 11.1 Å². The summed E-state index contributed by atoms with van der Waals surface area (Å²) in [6.07, 6.45) is 3.62. The number of hydrogen-bond donors (Lipinski definition) is 2. The Hall–Kier alpha value is -2.40. The lowest BCUT2D eigenvalue weighted by atomic mass is 9.92. The van der Waals surface area contributed by atoms with Crippen molar-refractivity contribution in [2.24, 2.45) is 0 Å². The molecule has 0 saturated heterocycles. The molecule has 3 aromatic rings. The van der Waals surface area contributed by atoms with Gasteiger partial charge in [0.25, 0.3) is 0 Å². The Labute approximate surface area is 115 Å². The van der Waals surface area contributed by atoms with E-state index < -0.39 is 5.76 Å². The van der Waals surface area contributed by atoms with Gasteiger partial charge in [-0.1, -0.05) is 12.1 Å². The van der Waals surface area contributed by atoms with Gasteiger partial charge in [-0.05, 0) is 36.4 Å². The number of nitrogens with zero attached hydrogens (tertiary/aromatic N) is 1. The van der Waals surface area contributed by atoms with E-state index in [1.54, 1.807) is 6.20 Å². The predicted octanol–water partition coefficient (Wildman–Crippen LogP) is 1.87. The first-order valence-electron chi connectivity index (χ1n) is 6.45. The SMILES string of the molecule is CNCC(c1cccnc1)c1ccc2[nH]c(=O)oc2c1. The molecule has 0 radical (unpaired) electrons. The molecule has 1 unspecified atom stereocenters. The van der Waals surface area contributed by atoms with Crippen LogP contribution in [0.25, 0.3) is 11.1 Å². The van der Waals surface area contributed by atoms with Crippen LogP contribution in [0.3, 0.4) is 0 Å². The van der Waals surface area contributed by atoms with Crippen LogP contribution >= 0.6 is 0 Å². The molecule has 0 amide bonds. The minimum Gasteiger partial charge on any atom is -0.408 e. The monoisotopic (exact) mass is 269 g/mol. The van der Waals surface area contributed by atoms with Gasteiger partial charge in [0.05, 0.1) is 5.52 Å². The van der Waals surface area contributed by atoms with E-state index in [9.17, 15) is 4.79 Å². The third-order valence-corrected chi connectivity index (χ3v) is 3.34. The predicted molar refractivity (Wildman–Crippen MR) is 76.8 cm³/mol. The van der Waals surface area contributed by atoms with Crippen LogP contribution in [0.1, 0.15) is 17.0 Å². The standard InChI is InChI=1S/C15H15N3O2/c1-16-9-12(11-3-2-6-17-8-11)10-4-5-13-14(7-10)20-15(19)18-13/h2-8,12,16H,9H2,1H3,(H,18,19). The first-order chi connectivity index (χ1) is 9.78. The van der Waals surface area contributed by atoms with E-state index in [1.807, 2.05) is 43.6 Å². The van der Waals surface area contributed by atoms with Gasteiger partial charge in [-0.15, -0.1) is 0 Å². The van der Waals surface area contributed by atoms with E-state index in [4.69, 9.17) is 4.42 Å². The number of likely N-dealkylation sites (N-methyl/N-ethyl adjacent to an activating group) is 1. The highest BCUT2D eigenvalue weighted by Crippen LogP contribution is 2.25. The van der Waals surface area contributed by atoms with Gasteiger partial charge in [-0.3, -0.25) is 9.97 Å². The molecule has 1 atom stereocenters. The fourth-order valence-corrected chi connectivity index (χ4v) is 2.39. The fourth-order valence-electron chi connectivity index (χ4n) is 2.39. The molecular weight excluding hydrogens is 254 g/mol. The van der Waals surface area contributed by atoms with Gasteiger partial charge in [0.1, 0.15) is 0 Å². The summed E-state index contributed by atoms with van der Waals surface area (Å²) in [6, 6.07) is 9.75.